The summed E-state index contributed by atoms with van der Waals surface area (Å²) in [4.78, 5) is 37.8. The maximum Gasteiger partial charge on any atom is 0.281 e. The van der Waals surface area contributed by atoms with Crippen molar-refractivity contribution < 1.29 is 19.1 Å². The largest absolute Gasteiger partial charge is 0.469 e. The van der Waals surface area contributed by atoms with Gasteiger partial charge in [-0.05, 0) is 19.8 Å². The van der Waals surface area contributed by atoms with Crippen LogP contribution in [-0.4, -0.2) is 23.1 Å². The van der Waals surface area contributed by atoms with Gasteiger partial charge in [-0.15, -0.1) is 0 Å². The maximum absolute atomic E-state index is 12.7. The van der Waals surface area contributed by atoms with Crippen molar-refractivity contribution in [3.8, 4) is 0 Å². The molecule has 0 saturated carbocycles. The van der Waals surface area contributed by atoms with Crippen LogP contribution in [0.25, 0.3) is 0 Å². The molecule has 5 heteroatoms. The number of ketones is 2. The van der Waals surface area contributed by atoms with Crippen LogP contribution in [0, 0.1) is 0 Å². The summed E-state index contributed by atoms with van der Waals surface area (Å²) in [6, 6.07) is 8.60. The van der Waals surface area contributed by atoms with Gasteiger partial charge in [0.25, 0.3) is 11.5 Å². The van der Waals surface area contributed by atoms with E-state index in [1.807, 2.05) is 19.1 Å². The number of benzene rings is 1. The lowest BCUT2D eigenvalue weighted by molar-refractivity contribution is -0.142. The SMILES string of the molecule is CC/C=C/CCC1=C(C)C(=O)C2(C=C(C(=O)c3ccccc3)NC2=O)O1. The number of rotatable bonds is 6. The van der Waals surface area contributed by atoms with E-state index in [1.165, 1.54) is 6.08 Å². The number of hydrogen-bond acceptors (Lipinski definition) is 4. The van der Waals surface area contributed by atoms with Gasteiger partial charge in [0.05, 0.1) is 5.70 Å². The van der Waals surface area contributed by atoms with E-state index >= 15 is 0 Å². The second-order valence-electron chi connectivity index (χ2n) is 6.34. The highest BCUT2D eigenvalue weighted by Gasteiger charge is 2.56. The lowest BCUT2D eigenvalue weighted by atomic mass is 9.95. The minimum atomic E-state index is -1.74. The molecule has 0 aliphatic carbocycles. The number of carbonyl (C=O) groups excluding carboxylic acids is 3. The van der Waals surface area contributed by atoms with Crippen molar-refractivity contribution in [2.45, 2.75) is 38.7 Å². The summed E-state index contributed by atoms with van der Waals surface area (Å²) in [7, 11) is 0. The predicted octanol–water partition coefficient (Wildman–Crippen LogP) is 3.24. The third-order valence-electron chi connectivity index (χ3n) is 4.53. The number of allylic oxidation sites excluding steroid dienone is 4. The first-order chi connectivity index (χ1) is 12.5. The Hall–Kier alpha value is -2.95. The lowest BCUT2D eigenvalue weighted by Crippen LogP contribution is -2.45. The number of hydrogen-bond donors (Lipinski definition) is 1. The number of ether oxygens (including phenoxy) is 1. The molecule has 1 aromatic carbocycles. The van der Waals surface area contributed by atoms with E-state index in [9.17, 15) is 14.4 Å². The molecule has 2 heterocycles. The van der Waals surface area contributed by atoms with Crippen molar-refractivity contribution in [1.82, 2.24) is 5.32 Å². The van der Waals surface area contributed by atoms with E-state index in [1.54, 1.807) is 37.3 Å². The van der Waals surface area contributed by atoms with Crippen LogP contribution in [0.2, 0.25) is 0 Å². The molecule has 1 aromatic rings. The molecule has 0 saturated heterocycles. The molecule has 1 amide bonds. The number of amides is 1. The van der Waals surface area contributed by atoms with Crippen LogP contribution in [0.15, 0.2) is 65.6 Å². The Morgan fingerprint density at radius 1 is 1.19 bits per heavy atom. The van der Waals surface area contributed by atoms with Gasteiger partial charge in [0.1, 0.15) is 5.76 Å². The molecule has 134 valence electrons. The van der Waals surface area contributed by atoms with Crippen LogP contribution >= 0.6 is 0 Å². The number of carbonyl (C=O) groups is 3. The zero-order chi connectivity index (χ0) is 18.7. The Morgan fingerprint density at radius 3 is 2.62 bits per heavy atom. The van der Waals surface area contributed by atoms with Crippen molar-refractivity contribution in [1.29, 1.82) is 0 Å². The van der Waals surface area contributed by atoms with Crippen LogP contribution in [0.4, 0.5) is 0 Å². The van der Waals surface area contributed by atoms with Crippen molar-refractivity contribution >= 4 is 17.5 Å². The van der Waals surface area contributed by atoms with Gasteiger partial charge in [-0.3, -0.25) is 14.4 Å². The van der Waals surface area contributed by atoms with Crippen LogP contribution in [-0.2, 0) is 14.3 Å². The van der Waals surface area contributed by atoms with Gasteiger partial charge in [0.15, 0.2) is 0 Å². The van der Waals surface area contributed by atoms with E-state index in [0.717, 1.165) is 12.8 Å². The van der Waals surface area contributed by atoms with Gasteiger partial charge in [0.2, 0.25) is 11.6 Å². The van der Waals surface area contributed by atoms with Gasteiger partial charge >= 0.3 is 0 Å². The Bertz CT molecular complexity index is 848. The zero-order valence-corrected chi connectivity index (χ0v) is 14.9. The first-order valence-corrected chi connectivity index (χ1v) is 8.72. The Morgan fingerprint density at radius 2 is 1.92 bits per heavy atom. The van der Waals surface area contributed by atoms with Gasteiger partial charge in [-0.25, -0.2) is 0 Å². The van der Waals surface area contributed by atoms with Gasteiger partial charge in [-0.1, -0.05) is 49.4 Å². The summed E-state index contributed by atoms with van der Waals surface area (Å²) in [5.74, 6) is -0.847. The summed E-state index contributed by atoms with van der Waals surface area (Å²) >= 11 is 0. The maximum atomic E-state index is 12.7. The summed E-state index contributed by atoms with van der Waals surface area (Å²) in [5, 5.41) is 2.52. The minimum absolute atomic E-state index is 0.0782. The van der Waals surface area contributed by atoms with Gasteiger partial charge in [0, 0.05) is 23.6 Å². The number of nitrogens with one attached hydrogen (secondary N) is 1. The van der Waals surface area contributed by atoms with Crippen LogP contribution in [0.1, 0.15) is 43.5 Å². The molecule has 2 aliphatic rings. The molecule has 3 rings (SSSR count). The van der Waals surface area contributed by atoms with Crippen molar-refractivity contribution in [3.05, 3.63) is 71.2 Å². The van der Waals surface area contributed by atoms with Gasteiger partial charge < -0.3 is 10.1 Å². The van der Waals surface area contributed by atoms with Crippen molar-refractivity contribution in [2.24, 2.45) is 0 Å². The lowest BCUT2D eigenvalue weighted by Gasteiger charge is -2.18. The molecule has 1 unspecified atom stereocenters. The second-order valence-corrected chi connectivity index (χ2v) is 6.34. The van der Waals surface area contributed by atoms with Crippen molar-refractivity contribution in [2.75, 3.05) is 0 Å². The fourth-order valence-electron chi connectivity index (χ4n) is 3.09. The van der Waals surface area contributed by atoms with E-state index in [2.05, 4.69) is 5.32 Å². The quantitative estimate of drug-likeness (QED) is 0.485. The van der Waals surface area contributed by atoms with Crippen LogP contribution < -0.4 is 5.32 Å². The first-order valence-electron chi connectivity index (χ1n) is 8.72. The molecule has 26 heavy (non-hydrogen) atoms. The van der Waals surface area contributed by atoms with E-state index in [-0.39, 0.29) is 11.5 Å². The smallest absolute Gasteiger partial charge is 0.281 e. The zero-order valence-electron chi connectivity index (χ0n) is 14.9. The average molecular weight is 351 g/mol. The third-order valence-corrected chi connectivity index (χ3v) is 4.53. The van der Waals surface area contributed by atoms with E-state index in [4.69, 9.17) is 4.74 Å². The molecule has 0 fully saturated rings. The summed E-state index contributed by atoms with van der Waals surface area (Å²) in [6.45, 7) is 3.71. The highest BCUT2D eigenvalue weighted by molar-refractivity contribution is 6.25. The minimum Gasteiger partial charge on any atom is -0.469 e. The van der Waals surface area contributed by atoms with Crippen molar-refractivity contribution in [3.63, 3.8) is 0 Å². The number of Topliss-reactive ketones (excluding diaryl/α,β-unsaturated/α-hetero) is 2. The molecular formula is C21H21NO4. The summed E-state index contributed by atoms with van der Waals surface area (Å²) in [5.41, 5.74) is -0.784. The first kappa shape index (κ1) is 17.9. The molecule has 5 nitrogen and oxygen atoms in total. The normalized spacial score (nSPS) is 22.2. The Labute approximate surface area is 152 Å². The van der Waals surface area contributed by atoms with E-state index in [0.29, 0.717) is 23.3 Å². The molecule has 0 aromatic heterocycles. The average Bonchev–Trinajstić information content (AvgIpc) is 3.11. The standard InChI is InChI=1S/C21H21NO4/c1-3-4-5-9-12-17-14(2)19(24)21(26-17)13-16(22-20(21)25)18(23)15-10-7-6-8-11-15/h4-8,10-11,13H,3,9,12H2,1-2H3,(H,22,25)/b5-4+. The summed E-state index contributed by atoms with van der Waals surface area (Å²) < 4.78 is 5.80. The Balaban J connectivity index is 1.83. The monoisotopic (exact) mass is 351 g/mol. The third kappa shape index (κ3) is 3.01. The molecule has 0 bridgehead atoms. The highest BCUT2D eigenvalue weighted by atomic mass is 16.5. The predicted molar refractivity (Wildman–Crippen MR) is 97.2 cm³/mol. The molecule has 1 atom stereocenters. The topological polar surface area (TPSA) is 72.5 Å². The van der Waals surface area contributed by atoms with Crippen LogP contribution in [0.3, 0.4) is 0 Å². The van der Waals surface area contributed by atoms with Gasteiger partial charge in [-0.2, -0.15) is 0 Å². The summed E-state index contributed by atoms with van der Waals surface area (Å²) in [6.07, 6.45) is 7.60. The Kier molecular flexibility index (Phi) is 4.89. The molecule has 1 spiro atoms. The second kappa shape index (κ2) is 7.12. The fraction of sp³-hybridized carbons (Fsp3) is 0.286. The molecule has 1 N–H and O–H groups in total. The molecule has 2 aliphatic heterocycles. The molecule has 0 radical (unpaired) electrons. The van der Waals surface area contributed by atoms with Crippen LogP contribution in [0.5, 0.6) is 0 Å². The molecular weight excluding hydrogens is 330 g/mol. The fourth-order valence-corrected chi connectivity index (χ4v) is 3.09. The highest BCUT2D eigenvalue weighted by Crippen LogP contribution is 2.38. The van der Waals surface area contributed by atoms with E-state index < -0.39 is 17.3 Å².